The maximum Gasteiger partial charge on any atom is 0.306 e. The summed E-state index contributed by atoms with van der Waals surface area (Å²) in [6, 6.07) is 18.3. The highest BCUT2D eigenvalue weighted by Crippen LogP contribution is 2.34. The number of amides is 1. The van der Waals surface area contributed by atoms with Gasteiger partial charge in [0.1, 0.15) is 11.5 Å². The molecular formula is C31H37NO5. The van der Waals surface area contributed by atoms with Crippen LogP contribution < -0.4 is 14.8 Å². The minimum absolute atomic E-state index is 0.00219. The van der Waals surface area contributed by atoms with Gasteiger partial charge in [0.25, 0.3) is 5.91 Å². The first-order valence-corrected chi connectivity index (χ1v) is 13.1. The number of rotatable bonds is 9. The second kappa shape index (κ2) is 12.6. The molecule has 3 aromatic rings. The monoisotopic (exact) mass is 503 g/mol. The number of hydrogen-bond donors (Lipinski definition) is 1. The van der Waals surface area contributed by atoms with E-state index in [1.165, 1.54) is 32.8 Å². The van der Waals surface area contributed by atoms with Crippen molar-refractivity contribution >= 4 is 22.6 Å². The summed E-state index contributed by atoms with van der Waals surface area (Å²) in [6.07, 6.45) is 7.17. The molecule has 196 valence electrons. The Balaban J connectivity index is 1.52. The molecule has 1 atom stereocenters. The summed E-state index contributed by atoms with van der Waals surface area (Å²) in [5, 5.41) is 5.17. The molecule has 3 aromatic carbocycles. The Morgan fingerprint density at radius 1 is 0.892 bits per heavy atom. The predicted octanol–water partition coefficient (Wildman–Crippen LogP) is 6.07. The van der Waals surface area contributed by atoms with Crippen LogP contribution in [-0.2, 0) is 14.3 Å². The second-order valence-electron chi connectivity index (χ2n) is 9.87. The lowest BCUT2D eigenvalue weighted by Crippen LogP contribution is -2.37. The second-order valence-corrected chi connectivity index (χ2v) is 9.87. The van der Waals surface area contributed by atoms with Crippen molar-refractivity contribution < 1.29 is 23.8 Å². The van der Waals surface area contributed by atoms with Crippen LogP contribution in [0.2, 0.25) is 0 Å². The predicted molar refractivity (Wildman–Crippen MR) is 145 cm³/mol. The van der Waals surface area contributed by atoms with Crippen LogP contribution in [0.25, 0.3) is 10.8 Å². The van der Waals surface area contributed by atoms with Gasteiger partial charge in [-0.1, -0.05) is 62.1 Å². The van der Waals surface area contributed by atoms with E-state index in [0.29, 0.717) is 5.75 Å². The van der Waals surface area contributed by atoms with Gasteiger partial charge in [-0.3, -0.25) is 9.59 Å². The standard InChI is InChI=1S/C31H37NO5/c1-21-16-23(13-15-29(21)35-2)28(19-31(34)36-3)24-11-10-22-12-14-27(18-25(22)17-24)37-20-30(33)32-26-8-6-4-5-7-9-26/h10-18,26,28H,4-9,19-20H2,1-3H3,(H,32,33). The molecule has 37 heavy (non-hydrogen) atoms. The maximum atomic E-state index is 12.5. The molecule has 0 saturated heterocycles. The topological polar surface area (TPSA) is 73.9 Å². The third-order valence-corrected chi connectivity index (χ3v) is 7.25. The average Bonchev–Trinajstić information content (AvgIpc) is 3.18. The lowest BCUT2D eigenvalue weighted by Gasteiger charge is -2.19. The molecule has 1 saturated carbocycles. The molecule has 0 heterocycles. The quantitative estimate of drug-likeness (QED) is 0.283. The lowest BCUT2D eigenvalue weighted by atomic mass is 9.86. The number of ether oxygens (including phenoxy) is 3. The molecule has 0 radical (unpaired) electrons. The fourth-order valence-corrected chi connectivity index (χ4v) is 5.19. The van der Waals surface area contributed by atoms with E-state index in [4.69, 9.17) is 14.2 Å². The van der Waals surface area contributed by atoms with Crippen molar-refractivity contribution in [1.82, 2.24) is 5.32 Å². The Labute approximate surface area is 219 Å². The van der Waals surface area contributed by atoms with Crippen LogP contribution in [-0.4, -0.2) is 38.7 Å². The number of nitrogens with one attached hydrogen (secondary N) is 1. The zero-order chi connectivity index (χ0) is 26.2. The Morgan fingerprint density at radius 3 is 2.30 bits per heavy atom. The molecule has 0 spiro atoms. The molecule has 1 fully saturated rings. The van der Waals surface area contributed by atoms with Gasteiger partial charge in [0, 0.05) is 12.0 Å². The van der Waals surface area contributed by atoms with Crippen molar-refractivity contribution in [1.29, 1.82) is 0 Å². The number of hydrogen-bond acceptors (Lipinski definition) is 5. The molecule has 4 rings (SSSR count). The normalized spacial score (nSPS) is 15.0. The average molecular weight is 504 g/mol. The Morgan fingerprint density at radius 2 is 1.59 bits per heavy atom. The molecule has 1 aliphatic carbocycles. The summed E-state index contributed by atoms with van der Waals surface area (Å²) in [4.78, 5) is 24.8. The number of esters is 1. The molecule has 1 unspecified atom stereocenters. The van der Waals surface area contributed by atoms with Crippen LogP contribution in [0.5, 0.6) is 11.5 Å². The molecule has 6 nitrogen and oxygen atoms in total. The van der Waals surface area contributed by atoms with Crippen molar-refractivity contribution in [3.8, 4) is 11.5 Å². The zero-order valence-corrected chi connectivity index (χ0v) is 22.0. The van der Waals surface area contributed by atoms with Crippen LogP contribution in [0.1, 0.15) is 67.6 Å². The van der Waals surface area contributed by atoms with Gasteiger partial charge in [-0.05, 0) is 65.4 Å². The van der Waals surface area contributed by atoms with E-state index in [1.54, 1.807) is 7.11 Å². The van der Waals surface area contributed by atoms with Crippen molar-refractivity contribution in [3.05, 3.63) is 71.3 Å². The van der Waals surface area contributed by atoms with E-state index in [9.17, 15) is 9.59 Å². The molecule has 0 aromatic heterocycles. The number of carbonyl (C=O) groups excluding carboxylic acids is 2. The third-order valence-electron chi connectivity index (χ3n) is 7.25. The highest BCUT2D eigenvalue weighted by molar-refractivity contribution is 5.85. The molecule has 0 aliphatic heterocycles. The summed E-state index contributed by atoms with van der Waals surface area (Å²) in [6.45, 7) is 1.99. The summed E-state index contributed by atoms with van der Waals surface area (Å²) in [7, 11) is 3.06. The van der Waals surface area contributed by atoms with E-state index < -0.39 is 0 Å². The number of fused-ring (bicyclic) bond motifs is 1. The molecule has 1 amide bonds. The Hall–Kier alpha value is -3.54. The van der Waals surface area contributed by atoms with Gasteiger partial charge in [0.05, 0.1) is 20.6 Å². The zero-order valence-electron chi connectivity index (χ0n) is 22.0. The molecule has 1 aliphatic rings. The fourth-order valence-electron chi connectivity index (χ4n) is 5.19. The van der Waals surface area contributed by atoms with E-state index in [1.807, 2.05) is 43.3 Å². The summed E-state index contributed by atoms with van der Waals surface area (Å²) >= 11 is 0. The Kier molecular flexibility index (Phi) is 9.04. The Bertz CT molecular complexity index is 1230. The van der Waals surface area contributed by atoms with Crippen LogP contribution in [0.3, 0.4) is 0 Å². The van der Waals surface area contributed by atoms with E-state index in [2.05, 4.69) is 23.5 Å². The summed E-state index contributed by atoms with van der Waals surface area (Å²) < 4.78 is 16.3. The largest absolute Gasteiger partial charge is 0.496 e. The maximum absolute atomic E-state index is 12.5. The van der Waals surface area contributed by atoms with Crippen molar-refractivity contribution in [2.24, 2.45) is 0 Å². The summed E-state index contributed by atoms with van der Waals surface area (Å²) in [5.74, 6) is 0.940. The fraction of sp³-hybridized carbons (Fsp3) is 0.419. The van der Waals surface area contributed by atoms with Crippen molar-refractivity contribution in [3.63, 3.8) is 0 Å². The van der Waals surface area contributed by atoms with Gasteiger partial charge in [-0.15, -0.1) is 0 Å². The van der Waals surface area contributed by atoms with Gasteiger partial charge in [0.15, 0.2) is 6.61 Å². The first-order valence-electron chi connectivity index (χ1n) is 13.1. The number of methoxy groups -OCH3 is 2. The highest BCUT2D eigenvalue weighted by atomic mass is 16.5. The van der Waals surface area contributed by atoms with E-state index in [0.717, 1.165) is 46.1 Å². The van der Waals surface area contributed by atoms with Crippen LogP contribution in [0, 0.1) is 6.92 Å². The van der Waals surface area contributed by atoms with Gasteiger partial charge >= 0.3 is 5.97 Å². The first kappa shape index (κ1) is 26.5. The molecule has 6 heteroatoms. The molecular weight excluding hydrogens is 466 g/mol. The van der Waals surface area contributed by atoms with E-state index in [-0.39, 0.29) is 36.9 Å². The number of benzene rings is 3. The van der Waals surface area contributed by atoms with Gasteiger partial charge in [0.2, 0.25) is 0 Å². The van der Waals surface area contributed by atoms with E-state index >= 15 is 0 Å². The van der Waals surface area contributed by atoms with Gasteiger partial charge < -0.3 is 19.5 Å². The number of aryl methyl sites for hydroxylation is 1. The molecule has 1 N–H and O–H groups in total. The third kappa shape index (κ3) is 7.03. The minimum Gasteiger partial charge on any atom is -0.496 e. The lowest BCUT2D eigenvalue weighted by molar-refractivity contribution is -0.140. The van der Waals surface area contributed by atoms with Gasteiger partial charge in [-0.2, -0.15) is 0 Å². The smallest absolute Gasteiger partial charge is 0.306 e. The van der Waals surface area contributed by atoms with Crippen LogP contribution in [0.4, 0.5) is 0 Å². The number of carbonyl (C=O) groups is 2. The van der Waals surface area contributed by atoms with Gasteiger partial charge in [-0.25, -0.2) is 0 Å². The summed E-state index contributed by atoms with van der Waals surface area (Å²) in [5.41, 5.74) is 3.03. The minimum atomic E-state index is -0.268. The highest BCUT2D eigenvalue weighted by Gasteiger charge is 2.20. The van der Waals surface area contributed by atoms with Crippen molar-refractivity contribution in [2.45, 2.75) is 63.8 Å². The van der Waals surface area contributed by atoms with Crippen LogP contribution in [0.15, 0.2) is 54.6 Å². The SMILES string of the molecule is COC(=O)CC(c1ccc(OC)c(C)c1)c1ccc2ccc(OCC(=O)NC3CCCCCC3)cc2c1. The molecule has 0 bridgehead atoms. The first-order chi connectivity index (χ1) is 18.0. The van der Waals surface area contributed by atoms with Crippen molar-refractivity contribution in [2.75, 3.05) is 20.8 Å². The van der Waals surface area contributed by atoms with Crippen LogP contribution >= 0.6 is 0 Å².